The third kappa shape index (κ3) is 4.62. The average Bonchev–Trinajstić information content (AvgIpc) is 2.65. The van der Waals surface area contributed by atoms with Crippen LogP contribution in [0.4, 0.5) is 0 Å². The minimum absolute atomic E-state index is 0.0464. The molecule has 2 rings (SSSR count). The van der Waals surface area contributed by atoms with Crippen LogP contribution in [-0.2, 0) is 10.0 Å². The summed E-state index contributed by atoms with van der Waals surface area (Å²) in [7, 11) is -2.14. The Labute approximate surface area is 154 Å². The molecule has 0 fully saturated rings. The summed E-state index contributed by atoms with van der Waals surface area (Å²) in [6.07, 6.45) is 0.543. The van der Waals surface area contributed by atoms with Crippen LogP contribution in [0.1, 0.15) is 42.2 Å². The van der Waals surface area contributed by atoms with E-state index in [-0.39, 0.29) is 16.6 Å². The molecule has 7 heteroatoms. The zero-order valence-electron chi connectivity index (χ0n) is 15.1. The molecule has 140 valence electrons. The van der Waals surface area contributed by atoms with Crippen LogP contribution in [0.5, 0.6) is 5.75 Å². The molecule has 1 unspecified atom stereocenters. The molecule has 0 spiro atoms. The molecule has 0 heterocycles. The minimum Gasteiger partial charge on any atom is -0.508 e. The van der Waals surface area contributed by atoms with Crippen molar-refractivity contribution < 1.29 is 18.3 Å². The molecule has 0 saturated carbocycles. The molecule has 1 atom stereocenters. The summed E-state index contributed by atoms with van der Waals surface area (Å²) >= 11 is 0. The summed E-state index contributed by atoms with van der Waals surface area (Å²) in [5.74, 6) is -0.104. The lowest BCUT2D eigenvalue weighted by atomic mass is 10.1. The summed E-state index contributed by atoms with van der Waals surface area (Å²) in [5.41, 5.74) is 1.08. The Balaban J connectivity index is 2.29. The van der Waals surface area contributed by atoms with E-state index in [1.807, 2.05) is 13.8 Å². The average molecular weight is 376 g/mol. The van der Waals surface area contributed by atoms with Crippen molar-refractivity contribution >= 4 is 15.9 Å². The Morgan fingerprint density at radius 1 is 1.15 bits per heavy atom. The van der Waals surface area contributed by atoms with Crippen molar-refractivity contribution in [1.29, 1.82) is 0 Å². The number of hydrogen-bond donors (Lipinski definition) is 2. The molecular formula is C19H24N2O4S. The molecule has 2 N–H and O–H groups in total. The van der Waals surface area contributed by atoms with Crippen LogP contribution in [0, 0.1) is 0 Å². The highest BCUT2D eigenvalue weighted by Gasteiger charge is 2.22. The second-order valence-electron chi connectivity index (χ2n) is 6.02. The van der Waals surface area contributed by atoms with Crippen LogP contribution < -0.4 is 4.72 Å². The molecule has 1 amide bonds. The number of phenols is 1. The third-order valence-corrected chi connectivity index (χ3v) is 5.68. The van der Waals surface area contributed by atoms with Gasteiger partial charge < -0.3 is 10.0 Å². The van der Waals surface area contributed by atoms with Gasteiger partial charge in [0.05, 0.1) is 4.90 Å². The maximum atomic E-state index is 12.8. The number of aromatic hydroxyl groups is 1. The number of carbonyl (C=O) groups is 1. The van der Waals surface area contributed by atoms with E-state index in [4.69, 9.17) is 0 Å². The first kappa shape index (κ1) is 19.9. The van der Waals surface area contributed by atoms with E-state index >= 15 is 0 Å². The largest absolute Gasteiger partial charge is 0.508 e. The van der Waals surface area contributed by atoms with E-state index in [1.165, 1.54) is 29.2 Å². The topological polar surface area (TPSA) is 86.7 Å². The van der Waals surface area contributed by atoms with Crippen molar-refractivity contribution in [2.24, 2.45) is 0 Å². The van der Waals surface area contributed by atoms with Crippen LogP contribution in [0.15, 0.2) is 53.4 Å². The van der Waals surface area contributed by atoms with Crippen LogP contribution in [-0.4, -0.2) is 37.9 Å². The lowest BCUT2D eigenvalue weighted by Gasteiger charge is -2.19. The molecule has 0 radical (unpaired) electrons. The number of amides is 1. The molecule has 0 aromatic heterocycles. The van der Waals surface area contributed by atoms with Gasteiger partial charge >= 0.3 is 0 Å². The molecule has 0 aliphatic carbocycles. The summed E-state index contributed by atoms with van der Waals surface area (Å²) in [6, 6.07) is 12.0. The zero-order chi connectivity index (χ0) is 19.3. The van der Waals surface area contributed by atoms with Crippen molar-refractivity contribution in [3.05, 3.63) is 59.7 Å². The summed E-state index contributed by atoms with van der Waals surface area (Å²) < 4.78 is 28.2. The third-order valence-electron chi connectivity index (χ3n) is 4.21. The Bertz CT molecular complexity index is 863. The number of hydrogen-bond acceptors (Lipinski definition) is 4. The van der Waals surface area contributed by atoms with Gasteiger partial charge in [-0.2, -0.15) is 0 Å². The van der Waals surface area contributed by atoms with Crippen molar-refractivity contribution in [2.45, 2.75) is 31.2 Å². The smallest absolute Gasteiger partial charge is 0.253 e. The second-order valence-corrected chi connectivity index (χ2v) is 7.73. The monoisotopic (exact) mass is 376 g/mol. The molecule has 0 saturated heterocycles. The van der Waals surface area contributed by atoms with Gasteiger partial charge in [0.1, 0.15) is 5.75 Å². The Morgan fingerprint density at radius 3 is 2.38 bits per heavy atom. The number of benzene rings is 2. The van der Waals surface area contributed by atoms with Gasteiger partial charge in [0.2, 0.25) is 10.0 Å². The number of carbonyl (C=O) groups excluding carboxylic acids is 1. The Morgan fingerprint density at radius 2 is 1.81 bits per heavy atom. The first-order chi connectivity index (χ1) is 12.3. The number of nitrogens with zero attached hydrogens (tertiary/aromatic N) is 1. The lowest BCUT2D eigenvalue weighted by Crippen LogP contribution is -2.29. The highest BCUT2D eigenvalue weighted by atomic mass is 32.2. The standard InChI is InChI=1S/C19H24N2O4S/c1-4-18(14-9-11-16(22)12-10-14)20-26(24,25)17-8-6-7-15(13-17)19(23)21(3)5-2/h6-13,18,20,22H,4-5H2,1-3H3. The van der Waals surface area contributed by atoms with Gasteiger partial charge in [-0.05, 0) is 49.2 Å². The van der Waals surface area contributed by atoms with Crippen LogP contribution in [0.25, 0.3) is 0 Å². The van der Waals surface area contributed by atoms with Gasteiger partial charge in [-0.3, -0.25) is 4.79 Å². The molecule has 2 aromatic rings. The van der Waals surface area contributed by atoms with E-state index in [0.29, 0.717) is 18.5 Å². The predicted octanol–water partition coefficient (Wildman–Crippen LogP) is 2.91. The molecule has 6 nitrogen and oxygen atoms in total. The van der Waals surface area contributed by atoms with E-state index in [1.54, 1.807) is 31.3 Å². The highest BCUT2D eigenvalue weighted by Crippen LogP contribution is 2.22. The fraction of sp³-hybridized carbons (Fsp3) is 0.316. The van der Waals surface area contributed by atoms with E-state index < -0.39 is 16.1 Å². The minimum atomic E-state index is -3.80. The maximum absolute atomic E-state index is 12.8. The van der Waals surface area contributed by atoms with Crippen molar-refractivity contribution in [3.8, 4) is 5.75 Å². The molecule has 2 aromatic carbocycles. The van der Waals surface area contributed by atoms with Crippen molar-refractivity contribution in [3.63, 3.8) is 0 Å². The Hall–Kier alpha value is -2.38. The first-order valence-corrected chi connectivity index (χ1v) is 9.93. The van der Waals surface area contributed by atoms with E-state index in [2.05, 4.69) is 4.72 Å². The quantitative estimate of drug-likeness (QED) is 0.778. The highest BCUT2D eigenvalue weighted by molar-refractivity contribution is 7.89. The van der Waals surface area contributed by atoms with Crippen LogP contribution in [0.3, 0.4) is 0 Å². The SMILES string of the molecule is CCC(NS(=O)(=O)c1cccc(C(=O)N(C)CC)c1)c1ccc(O)cc1. The van der Waals surface area contributed by atoms with Crippen molar-refractivity contribution in [2.75, 3.05) is 13.6 Å². The fourth-order valence-electron chi connectivity index (χ4n) is 2.51. The van der Waals surface area contributed by atoms with Gasteiger partial charge in [-0.1, -0.05) is 25.1 Å². The number of sulfonamides is 1. The summed E-state index contributed by atoms with van der Waals surface area (Å²) in [4.78, 5) is 13.8. The number of phenolic OH excluding ortho intramolecular Hbond substituents is 1. The molecule has 26 heavy (non-hydrogen) atoms. The fourth-order valence-corrected chi connectivity index (χ4v) is 3.86. The molecular weight excluding hydrogens is 352 g/mol. The van der Waals surface area contributed by atoms with Gasteiger partial charge in [-0.15, -0.1) is 0 Å². The van der Waals surface area contributed by atoms with Crippen LogP contribution >= 0.6 is 0 Å². The van der Waals surface area contributed by atoms with Gasteiger partial charge in [-0.25, -0.2) is 13.1 Å². The van der Waals surface area contributed by atoms with Gasteiger partial charge in [0.25, 0.3) is 5.91 Å². The van der Waals surface area contributed by atoms with E-state index in [0.717, 1.165) is 5.56 Å². The second kappa shape index (κ2) is 8.33. The molecule has 0 aliphatic heterocycles. The lowest BCUT2D eigenvalue weighted by molar-refractivity contribution is 0.0802. The molecule has 0 aliphatic rings. The van der Waals surface area contributed by atoms with Gasteiger partial charge in [0.15, 0.2) is 0 Å². The van der Waals surface area contributed by atoms with E-state index in [9.17, 15) is 18.3 Å². The van der Waals surface area contributed by atoms with Crippen LogP contribution in [0.2, 0.25) is 0 Å². The summed E-state index contributed by atoms with van der Waals surface area (Å²) in [5, 5.41) is 9.39. The summed E-state index contributed by atoms with van der Waals surface area (Å²) in [6.45, 7) is 4.26. The normalized spacial score (nSPS) is 12.6. The first-order valence-electron chi connectivity index (χ1n) is 8.45. The molecule has 0 bridgehead atoms. The number of rotatable bonds is 7. The predicted molar refractivity (Wildman–Crippen MR) is 101 cm³/mol. The van der Waals surface area contributed by atoms with Crippen molar-refractivity contribution in [1.82, 2.24) is 9.62 Å². The Kier molecular flexibility index (Phi) is 6.39. The maximum Gasteiger partial charge on any atom is 0.253 e. The zero-order valence-corrected chi connectivity index (χ0v) is 16.0. The van der Waals surface area contributed by atoms with Gasteiger partial charge in [0, 0.05) is 25.2 Å². The number of nitrogens with one attached hydrogen (secondary N) is 1.